The number of rotatable bonds is 7. The van der Waals surface area contributed by atoms with Crippen molar-refractivity contribution in [3.05, 3.63) is 33.2 Å². The van der Waals surface area contributed by atoms with E-state index < -0.39 is 17.4 Å². The fraction of sp³-hybridized carbons (Fsp3) is 0.632. The molecule has 2 N–H and O–H groups in total. The molecule has 1 atom stereocenters. The molecule has 1 unspecified atom stereocenters. The van der Waals surface area contributed by atoms with Gasteiger partial charge in [-0.15, -0.1) is 0 Å². The number of nitrogens with zero attached hydrogens (tertiary/aromatic N) is 1. The fourth-order valence-electron chi connectivity index (χ4n) is 2.46. The number of carbonyl (C=O) groups excluding carboxylic acids is 1. The van der Waals surface area contributed by atoms with Crippen LogP contribution in [-0.4, -0.2) is 27.1 Å². The minimum absolute atomic E-state index is 0.0139. The first-order valence-corrected chi connectivity index (χ1v) is 8.68. The molecule has 1 heterocycles. The molecule has 0 bridgehead atoms. The highest BCUT2D eigenvalue weighted by atomic mass is 16.4. The van der Waals surface area contributed by atoms with Crippen LogP contribution in [0.1, 0.15) is 62.7 Å². The summed E-state index contributed by atoms with van der Waals surface area (Å²) in [5.74, 6) is -1.67. The standard InChI is InChI=1S/C19H30N2O4/c1-11(2)8-9-21-14(6)13(5)10-15(17(21)23)16(22)20-19(7,12(3)4)18(24)25/h10-12H,8-9H2,1-7H3,(H,20,22)(H,24,25). The van der Waals surface area contributed by atoms with E-state index in [0.717, 1.165) is 17.7 Å². The lowest BCUT2D eigenvalue weighted by Gasteiger charge is -2.30. The van der Waals surface area contributed by atoms with Gasteiger partial charge in [-0.3, -0.25) is 9.59 Å². The molecule has 0 radical (unpaired) electrons. The van der Waals surface area contributed by atoms with Crippen LogP contribution in [0.4, 0.5) is 0 Å². The van der Waals surface area contributed by atoms with E-state index in [4.69, 9.17) is 0 Å². The molecule has 0 saturated heterocycles. The van der Waals surface area contributed by atoms with Crippen molar-refractivity contribution in [2.75, 3.05) is 0 Å². The number of carboxylic acid groups (broad SMARTS) is 1. The van der Waals surface area contributed by atoms with E-state index in [9.17, 15) is 19.5 Å². The summed E-state index contributed by atoms with van der Waals surface area (Å²) >= 11 is 0. The average molecular weight is 350 g/mol. The van der Waals surface area contributed by atoms with Crippen molar-refractivity contribution in [1.29, 1.82) is 0 Å². The number of nitrogens with one attached hydrogen (secondary N) is 1. The van der Waals surface area contributed by atoms with Gasteiger partial charge in [0.25, 0.3) is 11.5 Å². The summed E-state index contributed by atoms with van der Waals surface area (Å²) in [5.41, 5.74) is -0.176. The predicted octanol–water partition coefficient (Wildman–Crippen LogP) is 2.74. The Balaban J connectivity index is 3.31. The van der Waals surface area contributed by atoms with Gasteiger partial charge in [-0.1, -0.05) is 27.7 Å². The Morgan fingerprint density at radius 2 is 1.80 bits per heavy atom. The van der Waals surface area contributed by atoms with Gasteiger partial charge in [-0.2, -0.15) is 0 Å². The van der Waals surface area contributed by atoms with Crippen LogP contribution in [0.15, 0.2) is 10.9 Å². The summed E-state index contributed by atoms with van der Waals surface area (Å²) in [6.45, 7) is 13.3. The highest BCUT2D eigenvalue weighted by molar-refractivity contribution is 5.97. The van der Waals surface area contributed by atoms with Crippen molar-refractivity contribution in [3.8, 4) is 0 Å². The summed E-state index contributed by atoms with van der Waals surface area (Å²) in [5, 5.41) is 12.0. The Hall–Kier alpha value is -2.11. The number of aromatic nitrogens is 1. The molecule has 140 valence electrons. The van der Waals surface area contributed by atoms with Crippen LogP contribution in [0.5, 0.6) is 0 Å². The van der Waals surface area contributed by atoms with Crippen molar-refractivity contribution in [2.45, 2.75) is 67.0 Å². The first-order chi connectivity index (χ1) is 11.4. The predicted molar refractivity (Wildman–Crippen MR) is 98.0 cm³/mol. The highest BCUT2D eigenvalue weighted by Crippen LogP contribution is 2.18. The number of aryl methyl sites for hydroxylation is 1. The largest absolute Gasteiger partial charge is 0.480 e. The second kappa shape index (κ2) is 7.85. The molecular weight excluding hydrogens is 320 g/mol. The van der Waals surface area contributed by atoms with Crippen LogP contribution in [0.2, 0.25) is 0 Å². The molecule has 6 nitrogen and oxygen atoms in total. The molecule has 0 aromatic carbocycles. The SMILES string of the molecule is Cc1cc(C(=O)NC(C)(C(=O)O)C(C)C)c(=O)n(CCC(C)C)c1C. The third-order valence-corrected chi connectivity index (χ3v) is 4.96. The molecule has 1 rings (SSSR count). The van der Waals surface area contributed by atoms with E-state index in [1.54, 1.807) is 24.5 Å². The fourth-order valence-corrected chi connectivity index (χ4v) is 2.46. The molecule has 0 saturated carbocycles. The Kier molecular flexibility index (Phi) is 6.57. The maximum Gasteiger partial charge on any atom is 0.329 e. The van der Waals surface area contributed by atoms with Gasteiger partial charge in [0.05, 0.1) is 0 Å². The molecule has 25 heavy (non-hydrogen) atoms. The zero-order valence-corrected chi connectivity index (χ0v) is 16.3. The van der Waals surface area contributed by atoms with Crippen molar-refractivity contribution >= 4 is 11.9 Å². The molecule has 0 aliphatic rings. The minimum Gasteiger partial charge on any atom is -0.480 e. The summed E-state index contributed by atoms with van der Waals surface area (Å²) in [7, 11) is 0. The Morgan fingerprint density at radius 1 is 1.24 bits per heavy atom. The van der Waals surface area contributed by atoms with Crippen LogP contribution in [0.25, 0.3) is 0 Å². The second-order valence-corrected chi connectivity index (χ2v) is 7.58. The van der Waals surface area contributed by atoms with Gasteiger partial charge in [0, 0.05) is 12.2 Å². The molecule has 0 aliphatic carbocycles. The van der Waals surface area contributed by atoms with Gasteiger partial charge in [0.15, 0.2) is 0 Å². The number of carbonyl (C=O) groups is 2. The van der Waals surface area contributed by atoms with Crippen LogP contribution in [0, 0.1) is 25.7 Å². The van der Waals surface area contributed by atoms with Crippen molar-refractivity contribution in [3.63, 3.8) is 0 Å². The first kappa shape index (κ1) is 20.9. The van der Waals surface area contributed by atoms with E-state index in [2.05, 4.69) is 19.2 Å². The molecule has 0 fully saturated rings. The Labute approximate surface area is 149 Å². The number of aliphatic carboxylic acids is 1. The molecule has 6 heteroatoms. The van der Waals surface area contributed by atoms with E-state index >= 15 is 0 Å². The summed E-state index contributed by atoms with van der Waals surface area (Å²) < 4.78 is 1.61. The lowest BCUT2D eigenvalue weighted by atomic mass is 9.88. The molecule has 1 aromatic rings. The summed E-state index contributed by atoms with van der Waals surface area (Å²) in [4.78, 5) is 37.0. The second-order valence-electron chi connectivity index (χ2n) is 7.58. The van der Waals surface area contributed by atoms with Gasteiger partial charge >= 0.3 is 5.97 Å². The van der Waals surface area contributed by atoms with Gasteiger partial charge in [0.1, 0.15) is 11.1 Å². The normalized spacial score (nSPS) is 13.8. The minimum atomic E-state index is -1.44. The number of hydrogen-bond donors (Lipinski definition) is 2. The van der Waals surface area contributed by atoms with Crippen molar-refractivity contribution in [2.24, 2.45) is 11.8 Å². The average Bonchev–Trinajstić information content (AvgIpc) is 2.49. The molecule has 0 aliphatic heterocycles. The Morgan fingerprint density at radius 3 is 2.24 bits per heavy atom. The van der Waals surface area contributed by atoms with E-state index in [1.807, 2.05) is 13.8 Å². The molecule has 1 aromatic heterocycles. The quantitative estimate of drug-likeness (QED) is 0.791. The van der Waals surface area contributed by atoms with E-state index in [-0.39, 0.29) is 17.0 Å². The number of amides is 1. The Bertz CT molecular complexity index is 719. The van der Waals surface area contributed by atoms with Gasteiger partial charge in [-0.25, -0.2) is 4.79 Å². The third kappa shape index (κ3) is 4.50. The number of hydrogen-bond acceptors (Lipinski definition) is 3. The van der Waals surface area contributed by atoms with Gasteiger partial charge in [-0.05, 0) is 50.7 Å². The first-order valence-electron chi connectivity index (χ1n) is 8.68. The van der Waals surface area contributed by atoms with Crippen LogP contribution >= 0.6 is 0 Å². The summed E-state index contributed by atoms with van der Waals surface area (Å²) in [6.07, 6.45) is 0.824. The molecule has 1 amide bonds. The van der Waals surface area contributed by atoms with E-state index in [1.165, 1.54) is 6.92 Å². The third-order valence-electron chi connectivity index (χ3n) is 4.96. The van der Waals surface area contributed by atoms with Crippen molar-refractivity contribution < 1.29 is 14.7 Å². The van der Waals surface area contributed by atoms with Crippen LogP contribution < -0.4 is 10.9 Å². The lowest BCUT2D eigenvalue weighted by Crippen LogP contribution is -2.56. The summed E-state index contributed by atoms with van der Waals surface area (Å²) in [6, 6.07) is 1.54. The van der Waals surface area contributed by atoms with Gasteiger partial charge < -0.3 is 15.0 Å². The maximum atomic E-state index is 12.8. The van der Waals surface area contributed by atoms with Gasteiger partial charge in [0.2, 0.25) is 0 Å². The van der Waals surface area contributed by atoms with Crippen LogP contribution in [0.3, 0.4) is 0 Å². The zero-order valence-electron chi connectivity index (χ0n) is 16.3. The highest BCUT2D eigenvalue weighted by Gasteiger charge is 2.39. The molecular formula is C19H30N2O4. The smallest absolute Gasteiger partial charge is 0.329 e. The maximum absolute atomic E-state index is 12.8. The molecule has 0 spiro atoms. The van der Waals surface area contributed by atoms with Crippen molar-refractivity contribution in [1.82, 2.24) is 9.88 Å². The monoisotopic (exact) mass is 350 g/mol. The van der Waals surface area contributed by atoms with Crippen LogP contribution in [-0.2, 0) is 11.3 Å². The number of pyridine rings is 1. The zero-order chi connectivity index (χ0) is 19.5. The topological polar surface area (TPSA) is 88.4 Å². The van der Waals surface area contributed by atoms with E-state index in [0.29, 0.717) is 12.5 Å². The lowest BCUT2D eigenvalue weighted by molar-refractivity contribution is -0.145. The number of carboxylic acids is 1.